The Balaban J connectivity index is 2.89. The van der Waals surface area contributed by atoms with Crippen molar-refractivity contribution in [2.24, 2.45) is 0 Å². The minimum absolute atomic E-state index is 0.136. The topological polar surface area (TPSA) is 40.5 Å². The first-order valence-electron chi connectivity index (χ1n) is 3.78. The number of hydrogen-bond acceptors (Lipinski definition) is 2. The van der Waals surface area contributed by atoms with Crippen molar-refractivity contribution in [1.29, 1.82) is 0 Å². The molecule has 1 aromatic carbocycles. The Hall–Kier alpha value is -1.12. The summed E-state index contributed by atoms with van der Waals surface area (Å²) in [6.07, 6.45) is 1.62. The fourth-order valence-electron chi connectivity index (χ4n) is 1.02. The lowest BCUT2D eigenvalue weighted by atomic mass is 10.0. The summed E-state index contributed by atoms with van der Waals surface area (Å²) in [6.45, 7) is 3.45. The molecule has 12 heavy (non-hydrogen) atoms. The first kappa shape index (κ1) is 8.97. The molecule has 0 unspecified atom stereocenters. The van der Waals surface area contributed by atoms with Crippen LogP contribution >= 0.6 is 0 Å². The van der Waals surface area contributed by atoms with E-state index in [4.69, 9.17) is 0 Å². The number of hydrogen-bond donors (Lipinski definition) is 2. The van der Waals surface area contributed by atoms with Gasteiger partial charge in [-0.15, -0.1) is 6.58 Å². The van der Waals surface area contributed by atoms with Gasteiger partial charge in [-0.3, -0.25) is 0 Å². The third kappa shape index (κ3) is 1.94. The molecule has 0 saturated heterocycles. The fourth-order valence-corrected chi connectivity index (χ4v) is 1.02. The predicted octanol–water partition coefficient (Wildman–Crippen LogP) is 1.40. The number of benzene rings is 1. The van der Waals surface area contributed by atoms with Crippen molar-refractivity contribution < 1.29 is 10.2 Å². The molecule has 0 atom stereocenters. The van der Waals surface area contributed by atoms with E-state index in [1.807, 2.05) is 6.07 Å². The molecule has 0 radical (unpaired) electrons. The summed E-state index contributed by atoms with van der Waals surface area (Å²) in [5, 5.41) is 18.9. The molecule has 64 valence electrons. The van der Waals surface area contributed by atoms with Crippen LogP contribution in [0.15, 0.2) is 43.0 Å². The van der Waals surface area contributed by atoms with E-state index >= 15 is 0 Å². The monoisotopic (exact) mass is 164 g/mol. The predicted molar refractivity (Wildman–Crippen MR) is 47.4 cm³/mol. The zero-order valence-corrected chi connectivity index (χ0v) is 6.77. The van der Waals surface area contributed by atoms with E-state index in [0.29, 0.717) is 5.56 Å². The van der Waals surface area contributed by atoms with Crippen LogP contribution in [0.2, 0.25) is 0 Å². The quantitative estimate of drug-likeness (QED) is 0.523. The molecule has 0 aliphatic heterocycles. The highest BCUT2D eigenvalue weighted by atomic mass is 16.5. The van der Waals surface area contributed by atoms with Crippen LogP contribution in [0.1, 0.15) is 12.0 Å². The highest BCUT2D eigenvalue weighted by molar-refractivity contribution is 5.20. The van der Waals surface area contributed by atoms with Gasteiger partial charge in [0, 0.05) is 12.0 Å². The van der Waals surface area contributed by atoms with Crippen molar-refractivity contribution in [2.75, 3.05) is 0 Å². The van der Waals surface area contributed by atoms with Gasteiger partial charge in [-0.25, -0.2) is 0 Å². The zero-order valence-electron chi connectivity index (χ0n) is 6.77. The zero-order chi connectivity index (χ0) is 9.03. The lowest BCUT2D eigenvalue weighted by Crippen LogP contribution is -2.23. The van der Waals surface area contributed by atoms with Crippen molar-refractivity contribution in [1.82, 2.24) is 0 Å². The maximum atomic E-state index is 9.47. The molecule has 1 rings (SSSR count). The Morgan fingerprint density at radius 3 is 2.33 bits per heavy atom. The smallest absolute Gasteiger partial charge is 0.193 e. The van der Waals surface area contributed by atoms with Gasteiger partial charge in [0.25, 0.3) is 0 Å². The van der Waals surface area contributed by atoms with Crippen LogP contribution in [-0.4, -0.2) is 10.2 Å². The molecule has 2 N–H and O–H groups in total. The van der Waals surface area contributed by atoms with E-state index in [2.05, 4.69) is 6.58 Å². The first-order chi connectivity index (χ1) is 5.67. The molecular weight excluding hydrogens is 152 g/mol. The van der Waals surface area contributed by atoms with Crippen molar-refractivity contribution >= 4 is 0 Å². The maximum Gasteiger partial charge on any atom is 0.193 e. The molecule has 0 heterocycles. The molecular formula is C10H12O2. The second-order valence-electron chi connectivity index (χ2n) is 2.68. The molecule has 0 bridgehead atoms. The molecule has 0 spiro atoms. The van der Waals surface area contributed by atoms with Gasteiger partial charge in [0.2, 0.25) is 0 Å². The van der Waals surface area contributed by atoms with E-state index < -0.39 is 5.79 Å². The van der Waals surface area contributed by atoms with Gasteiger partial charge < -0.3 is 10.2 Å². The van der Waals surface area contributed by atoms with Crippen LogP contribution in [0, 0.1) is 0 Å². The van der Waals surface area contributed by atoms with Gasteiger partial charge in [0.05, 0.1) is 0 Å². The third-order valence-corrected chi connectivity index (χ3v) is 1.67. The van der Waals surface area contributed by atoms with Gasteiger partial charge in [-0.1, -0.05) is 36.4 Å². The minimum atomic E-state index is -1.77. The maximum absolute atomic E-state index is 9.47. The highest BCUT2D eigenvalue weighted by Crippen LogP contribution is 2.21. The van der Waals surface area contributed by atoms with Crippen LogP contribution in [0.3, 0.4) is 0 Å². The molecule has 1 aromatic rings. The molecule has 0 aromatic heterocycles. The Morgan fingerprint density at radius 1 is 1.25 bits per heavy atom. The van der Waals surface area contributed by atoms with Crippen LogP contribution in [0.5, 0.6) is 0 Å². The van der Waals surface area contributed by atoms with Gasteiger partial charge in [-0.05, 0) is 0 Å². The Labute approximate surface area is 71.8 Å². The number of aliphatic hydroxyl groups is 2. The first-order valence-corrected chi connectivity index (χ1v) is 3.78. The third-order valence-electron chi connectivity index (χ3n) is 1.67. The lowest BCUT2D eigenvalue weighted by molar-refractivity contribution is -0.166. The second kappa shape index (κ2) is 3.52. The largest absolute Gasteiger partial charge is 0.362 e. The molecule has 0 saturated carbocycles. The Bertz CT molecular complexity index is 252. The second-order valence-corrected chi connectivity index (χ2v) is 2.68. The molecule has 0 fully saturated rings. The van der Waals surface area contributed by atoms with E-state index in [0.717, 1.165) is 0 Å². The van der Waals surface area contributed by atoms with Crippen molar-refractivity contribution in [3.05, 3.63) is 48.6 Å². The molecule has 0 aliphatic rings. The average molecular weight is 164 g/mol. The minimum Gasteiger partial charge on any atom is -0.362 e. The van der Waals surface area contributed by atoms with E-state index in [9.17, 15) is 10.2 Å². The van der Waals surface area contributed by atoms with Crippen molar-refractivity contribution in [2.45, 2.75) is 12.2 Å². The van der Waals surface area contributed by atoms with Gasteiger partial charge in [0.1, 0.15) is 0 Å². The summed E-state index contributed by atoms with van der Waals surface area (Å²) < 4.78 is 0. The lowest BCUT2D eigenvalue weighted by Gasteiger charge is -2.19. The van der Waals surface area contributed by atoms with E-state index in [1.54, 1.807) is 24.3 Å². The van der Waals surface area contributed by atoms with Crippen molar-refractivity contribution in [3.8, 4) is 0 Å². The van der Waals surface area contributed by atoms with Crippen LogP contribution in [0.25, 0.3) is 0 Å². The summed E-state index contributed by atoms with van der Waals surface area (Å²) in [5.74, 6) is -1.77. The van der Waals surface area contributed by atoms with Crippen LogP contribution < -0.4 is 0 Å². The highest BCUT2D eigenvalue weighted by Gasteiger charge is 2.22. The van der Waals surface area contributed by atoms with Crippen molar-refractivity contribution in [3.63, 3.8) is 0 Å². The molecule has 2 nitrogen and oxygen atoms in total. The number of rotatable bonds is 3. The summed E-state index contributed by atoms with van der Waals surface area (Å²) in [5.41, 5.74) is 0.491. The van der Waals surface area contributed by atoms with E-state index in [1.165, 1.54) is 6.08 Å². The molecule has 0 aliphatic carbocycles. The molecule has 2 heteroatoms. The average Bonchev–Trinajstić information content (AvgIpc) is 2.06. The Morgan fingerprint density at radius 2 is 1.83 bits per heavy atom. The standard InChI is InChI=1S/C10H12O2/c1-2-8-10(11,12)9-6-4-3-5-7-9/h2-7,11-12H,1,8H2. The van der Waals surface area contributed by atoms with Crippen LogP contribution in [0.4, 0.5) is 0 Å². The van der Waals surface area contributed by atoms with E-state index in [-0.39, 0.29) is 6.42 Å². The summed E-state index contributed by atoms with van der Waals surface area (Å²) in [6, 6.07) is 8.69. The summed E-state index contributed by atoms with van der Waals surface area (Å²) in [4.78, 5) is 0. The van der Waals surface area contributed by atoms with Gasteiger partial charge in [-0.2, -0.15) is 0 Å². The van der Waals surface area contributed by atoms with Gasteiger partial charge in [0.15, 0.2) is 5.79 Å². The summed E-state index contributed by atoms with van der Waals surface area (Å²) in [7, 11) is 0. The van der Waals surface area contributed by atoms with Crippen LogP contribution in [-0.2, 0) is 5.79 Å². The Kier molecular flexibility index (Phi) is 2.63. The van der Waals surface area contributed by atoms with Gasteiger partial charge >= 0.3 is 0 Å². The molecule has 0 amide bonds. The fraction of sp³-hybridized carbons (Fsp3) is 0.200. The normalized spacial score (nSPS) is 11.2. The summed E-state index contributed by atoms with van der Waals surface area (Å²) >= 11 is 0. The SMILES string of the molecule is C=CCC(O)(O)c1ccccc1.